The molecule has 41 heavy (non-hydrogen) atoms. The van der Waals surface area contributed by atoms with E-state index in [-0.39, 0.29) is 6.09 Å². The highest BCUT2D eigenvalue weighted by Crippen LogP contribution is 2.27. The van der Waals surface area contributed by atoms with Gasteiger partial charge in [-0.25, -0.2) is 14.3 Å². The van der Waals surface area contributed by atoms with Crippen LogP contribution in [0.3, 0.4) is 0 Å². The van der Waals surface area contributed by atoms with Gasteiger partial charge in [-0.05, 0) is 63.5 Å². The minimum absolute atomic E-state index is 0.284. The number of likely N-dealkylation sites (N-methyl/N-ethyl adjacent to an activating group) is 1. The van der Waals surface area contributed by atoms with Crippen molar-refractivity contribution in [1.82, 2.24) is 29.4 Å². The summed E-state index contributed by atoms with van der Waals surface area (Å²) in [5.41, 5.74) is 2.35. The minimum atomic E-state index is -0.525. The van der Waals surface area contributed by atoms with Crippen LogP contribution < -0.4 is 9.64 Å². The van der Waals surface area contributed by atoms with Crippen molar-refractivity contribution in [1.29, 1.82) is 0 Å². The van der Waals surface area contributed by atoms with E-state index in [4.69, 9.17) is 24.5 Å². The molecule has 0 saturated carbocycles. The number of imidazole rings is 1. The summed E-state index contributed by atoms with van der Waals surface area (Å²) >= 11 is 0. The maximum absolute atomic E-state index is 12.7. The first-order valence-corrected chi connectivity index (χ1v) is 14.5. The van der Waals surface area contributed by atoms with Gasteiger partial charge in [0.05, 0.1) is 11.9 Å². The Kier molecular flexibility index (Phi) is 7.42. The molecule has 4 aromatic rings. The number of nitrogens with zero attached hydrogens (tertiary/aromatic N) is 7. The van der Waals surface area contributed by atoms with E-state index in [9.17, 15) is 4.79 Å². The number of benzene rings is 2. The summed E-state index contributed by atoms with van der Waals surface area (Å²) in [6, 6.07) is 15.5. The predicted octanol–water partition coefficient (Wildman–Crippen LogP) is 4.40. The lowest BCUT2D eigenvalue weighted by Gasteiger charge is -2.36. The standard InChI is InChI=1S/C31H39N7O3/c1-31(2,3)41-30(39)37-17-15-36(16-18-37)28-27-32-20-25(19-23-11-7-10-22-9-5-6-13-26(22)23)38(27)34-29(33-28)40-21-24-12-8-14-35(24)4/h5-7,9-11,13,20,24H,8,12,14-19,21H2,1-4H3/t24-/m0/s1. The van der Waals surface area contributed by atoms with Crippen molar-refractivity contribution in [2.75, 3.05) is 51.3 Å². The number of aromatic nitrogens is 4. The van der Waals surface area contributed by atoms with Crippen LogP contribution >= 0.6 is 0 Å². The third kappa shape index (κ3) is 5.93. The average Bonchev–Trinajstić information content (AvgIpc) is 3.56. The van der Waals surface area contributed by atoms with Gasteiger partial charge in [-0.2, -0.15) is 4.98 Å². The molecule has 0 spiro atoms. The number of likely N-dealkylation sites (tertiary alicyclic amines) is 1. The Hall–Kier alpha value is -3.92. The number of hydrogen-bond donors (Lipinski definition) is 0. The van der Waals surface area contributed by atoms with Crippen LogP contribution in [0.2, 0.25) is 0 Å². The summed E-state index contributed by atoms with van der Waals surface area (Å²) in [6.45, 7) is 9.59. The number of anilines is 1. The van der Waals surface area contributed by atoms with Gasteiger partial charge in [0.1, 0.15) is 12.2 Å². The number of rotatable bonds is 6. The molecule has 2 aliphatic rings. The maximum atomic E-state index is 12.7. The largest absolute Gasteiger partial charge is 0.461 e. The molecule has 1 atom stereocenters. The quantitative estimate of drug-likeness (QED) is 0.345. The molecule has 0 aliphatic carbocycles. The van der Waals surface area contributed by atoms with Gasteiger partial charge in [0, 0.05) is 38.6 Å². The monoisotopic (exact) mass is 557 g/mol. The van der Waals surface area contributed by atoms with Gasteiger partial charge in [-0.15, -0.1) is 5.10 Å². The van der Waals surface area contributed by atoms with Gasteiger partial charge in [-0.3, -0.25) is 0 Å². The van der Waals surface area contributed by atoms with E-state index >= 15 is 0 Å². The van der Waals surface area contributed by atoms with Gasteiger partial charge in [-0.1, -0.05) is 42.5 Å². The summed E-state index contributed by atoms with van der Waals surface area (Å²) in [6.07, 6.45) is 4.56. The maximum Gasteiger partial charge on any atom is 0.410 e. The van der Waals surface area contributed by atoms with E-state index in [1.165, 1.54) is 22.8 Å². The van der Waals surface area contributed by atoms with E-state index in [1.54, 1.807) is 4.90 Å². The Morgan fingerprint density at radius 3 is 2.56 bits per heavy atom. The molecular weight excluding hydrogens is 518 g/mol. The van der Waals surface area contributed by atoms with Crippen molar-refractivity contribution in [3.05, 3.63) is 59.9 Å². The molecule has 4 heterocycles. The van der Waals surface area contributed by atoms with Crippen LogP contribution in [0.15, 0.2) is 48.7 Å². The van der Waals surface area contributed by atoms with Crippen molar-refractivity contribution >= 4 is 28.3 Å². The summed E-state index contributed by atoms with van der Waals surface area (Å²) in [5, 5.41) is 7.26. The molecule has 0 unspecified atom stereocenters. The smallest absolute Gasteiger partial charge is 0.410 e. The molecule has 2 aromatic heterocycles. The fourth-order valence-electron chi connectivity index (χ4n) is 5.72. The third-order valence-electron chi connectivity index (χ3n) is 7.95. The summed E-state index contributed by atoms with van der Waals surface area (Å²) in [5.74, 6) is 0.725. The predicted molar refractivity (Wildman–Crippen MR) is 159 cm³/mol. The molecule has 10 heteroatoms. The zero-order valence-corrected chi connectivity index (χ0v) is 24.4. The lowest BCUT2D eigenvalue weighted by Crippen LogP contribution is -2.50. The zero-order valence-electron chi connectivity index (χ0n) is 24.4. The number of carbonyl (C=O) groups excluding carboxylic acids is 1. The van der Waals surface area contributed by atoms with Crippen LogP contribution in [-0.2, 0) is 11.2 Å². The first-order valence-electron chi connectivity index (χ1n) is 14.5. The molecule has 0 bridgehead atoms. The Balaban J connectivity index is 1.30. The van der Waals surface area contributed by atoms with Crippen molar-refractivity contribution in [3.63, 3.8) is 0 Å². The highest BCUT2D eigenvalue weighted by atomic mass is 16.6. The number of amides is 1. The second kappa shape index (κ2) is 11.2. The SMILES string of the molecule is CN1CCC[C@H]1COc1nc(N2CCN(C(=O)OC(C)(C)C)CC2)c2ncc(Cc3cccc4ccccc34)n2n1. The first-order chi connectivity index (χ1) is 19.7. The van der Waals surface area contributed by atoms with E-state index in [0.717, 1.165) is 24.5 Å². The molecule has 0 radical (unpaired) electrons. The summed E-state index contributed by atoms with van der Waals surface area (Å²) in [4.78, 5) is 28.6. The van der Waals surface area contributed by atoms with Gasteiger partial charge in [0.15, 0.2) is 11.5 Å². The number of carbonyl (C=O) groups is 1. The van der Waals surface area contributed by atoms with E-state index in [2.05, 4.69) is 59.3 Å². The van der Waals surface area contributed by atoms with Crippen molar-refractivity contribution < 1.29 is 14.3 Å². The molecule has 0 N–H and O–H groups in total. The van der Waals surface area contributed by atoms with Crippen LogP contribution in [0.1, 0.15) is 44.9 Å². The third-order valence-corrected chi connectivity index (χ3v) is 7.95. The first kappa shape index (κ1) is 27.3. The van der Waals surface area contributed by atoms with E-state index in [0.29, 0.717) is 56.9 Å². The van der Waals surface area contributed by atoms with E-state index < -0.39 is 5.60 Å². The average molecular weight is 558 g/mol. The number of piperazine rings is 1. The topological polar surface area (TPSA) is 88.3 Å². The lowest BCUT2D eigenvalue weighted by molar-refractivity contribution is 0.0240. The number of hydrogen-bond acceptors (Lipinski definition) is 8. The molecule has 6 rings (SSSR count). The van der Waals surface area contributed by atoms with E-state index in [1.807, 2.05) is 31.5 Å². The van der Waals surface area contributed by atoms with Crippen LogP contribution in [0.25, 0.3) is 16.4 Å². The van der Waals surface area contributed by atoms with Gasteiger partial charge in [0.25, 0.3) is 0 Å². The molecule has 2 aliphatic heterocycles. The minimum Gasteiger partial charge on any atom is -0.461 e. The summed E-state index contributed by atoms with van der Waals surface area (Å²) in [7, 11) is 2.14. The molecule has 10 nitrogen and oxygen atoms in total. The zero-order chi connectivity index (χ0) is 28.6. The fraction of sp³-hybridized carbons (Fsp3) is 0.484. The second-order valence-corrected chi connectivity index (χ2v) is 12.1. The molecule has 2 saturated heterocycles. The highest BCUT2D eigenvalue weighted by Gasteiger charge is 2.29. The fourth-order valence-corrected chi connectivity index (χ4v) is 5.72. The Morgan fingerprint density at radius 1 is 1.02 bits per heavy atom. The van der Waals surface area contributed by atoms with Gasteiger partial charge >= 0.3 is 12.1 Å². The summed E-state index contributed by atoms with van der Waals surface area (Å²) < 4.78 is 13.7. The van der Waals surface area contributed by atoms with Crippen LogP contribution in [0, 0.1) is 0 Å². The number of fused-ring (bicyclic) bond motifs is 2. The number of ether oxygens (including phenoxy) is 2. The van der Waals surface area contributed by atoms with Crippen molar-refractivity contribution in [2.24, 2.45) is 0 Å². The Labute approximate surface area is 240 Å². The Morgan fingerprint density at radius 2 is 1.80 bits per heavy atom. The molecule has 2 fully saturated rings. The molecular formula is C31H39N7O3. The molecule has 1 amide bonds. The lowest BCUT2D eigenvalue weighted by atomic mass is 10.0. The molecule has 216 valence electrons. The van der Waals surface area contributed by atoms with Crippen LogP contribution in [0.4, 0.5) is 10.6 Å². The van der Waals surface area contributed by atoms with Gasteiger partial charge in [0.2, 0.25) is 0 Å². The second-order valence-electron chi connectivity index (χ2n) is 12.1. The van der Waals surface area contributed by atoms with Crippen LogP contribution in [0.5, 0.6) is 6.01 Å². The molecule has 2 aromatic carbocycles. The Bertz CT molecular complexity index is 1530. The van der Waals surface area contributed by atoms with Crippen LogP contribution in [-0.4, -0.2) is 93.5 Å². The van der Waals surface area contributed by atoms with Crippen molar-refractivity contribution in [3.8, 4) is 6.01 Å². The van der Waals surface area contributed by atoms with Crippen molar-refractivity contribution in [2.45, 2.75) is 51.7 Å². The highest BCUT2D eigenvalue weighted by molar-refractivity contribution is 5.86. The van der Waals surface area contributed by atoms with Gasteiger partial charge < -0.3 is 24.2 Å². The normalized spacial score (nSPS) is 18.4.